The molecule has 0 aromatic carbocycles. The van der Waals surface area contributed by atoms with Gasteiger partial charge in [-0.05, 0) is 19.8 Å². The van der Waals surface area contributed by atoms with E-state index in [9.17, 15) is 0 Å². The summed E-state index contributed by atoms with van der Waals surface area (Å²) in [6, 6.07) is 1.83. The highest BCUT2D eigenvalue weighted by molar-refractivity contribution is 6.20. The SMILES string of the molecule is CCCOc1cc(C)nc(NCCC(Cl)COC)n1. The highest BCUT2D eigenvalue weighted by atomic mass is 35.5. The Morgan fingerprint density at radius 2 is 2.21 bits per heavy atom. The third-order valence-corrected chi connectivity index (χ3v) is 2.72. The Morgan fingerprint density at radius 3 is 2.89 bits per heavy atom. The van der Waals surface area contributed by atoms with Crippen LogP contribution in [0.2, 0.25) is 0 Å². The van der Waals surface area contributed by atoms with Gasteiger partial charge in [-0.1, -0.05) is 6.92 Å². The van der Waals surface area contributed by atoms with Crippen molar-refractivity contribution >= 4 is 17.5 Å². The summed E-state index contributed by atoms with van der Waals surface area (Å²) >= 11 is 6.05. The minimum absolute atomic E-state index is 0.00174. The van der Waals surface area contributed by atoms with Gasteiger partial charge in [-0.25, -0.2) is 4.98 Å². The first-order valence-electron chi connectivity index (χ1n) is 6.51. The number of methoxy groups -OCH3 is 1. The number of hydrogen-bond acceptors (Lipinski definition) is 5. The van der Waals surface area contributed by atoms with Crippen LogP contribution in [0.4, 0.5) is 5.95 Å². The van der Waals surface area contributed by atoms with Crippen molar-refractivity contribution < 1.29 is 9.47 Å². The second-order valence-electron chi connectivity index (χ2n) is 4.29. The number of aromatic nitrogens is 2. The van der Waals surface area contributed by atoms with E-state index in [-0.39, 0.29) is 5.38 Å². The van der Waals surface area contributed by atoms with Crippen LogP contribution >= 0.6 is 11.6 Å². The van der Waals surface area contributed by atoms with Gasteiger partial charge in [-0.15, -0.1) is 11.6 Å². The number of halogens is 1. The van der Waals surface area contributed by atoms with Crippen molar-refractivity contribution in [2.45, 2.75) is 32.1 Å². The van der Waals surface area contributed by atoms with Crippen LogP contribution in [0, 0.1) is 6.92 Å². The molecule has 0 bridgehead atoms. The largest absolute Gasteiger partial charge is 0.478 e. The standard InChI is InChI=1S/C13H22ClN3O2/c1-4-7-19-12-8-10(2)16-13(17-12)15-6-5-11(14)9-18-3/h8,11H,4-7,9H2,1-3H3,(H,15,16,17). The zero-order valence-electron chi connectivity index (χ0n) is 11.8. The fourth-order valence-electron chi connectivity index (χ4n) is 1.50. The molecule has 0 saturated heterocycles. The maximum atomic E-state index is 6.05. The number of anilines is 1. The molecule has 108 valence electrons. The van der Waals surface area contributed by atoms with Crippen molar-refractivity contribution in [1.82, 2.24) is 9.97 Å². The molecular formula is C13H22ClN3O2. The van der Waals surface area contributed by atoms with Crippen LogP contribution in [0.1, 0.15) is 25.5 Å². The highest BCUT2D eigenvalue weighted by Crippen LogP contribution is 2.12. The summed E-state index contributed by atoms with van der Waals surface area (Å²) in [7, 11) is 1.64. The number of nitrogens with one attached hydrogen (secondary N) is 1. The Kier molecular flexibility index (Phi) is 7.52. The summed E-state index contributed by atoms with van der Waals surface area (Å²) < 4.78 is 10.5. The van der Waals surface area contributed by atoms with E-state index in [0.717, 1.165) is 18.5 Å². The third kappa shape index (κ3) is 6.59. The third-order valence-electron chi connectivity index (χ3n) is 2.37. The molecule has 19 heavy (non-hydrogen) atoms. The lowest BCUT2D eigenvalue weighted by atomic mass is 10.3. The average Bonchev–Trinajstić information content (AvgIpc) is 2.36. The van der Waals surface area contributed by atoms with E-state index < -0.39 is 0 Å². The minimum atomic E-state index is -0.00174. The summed E-state index contributed by atoms with van der Waals surface area (Å²) in [5.74, 6) is 1.18. The molecule has 1 heterocycles. The van der Waals surface area contributed by atoms with Gasteiger partial charge in [0.2, 0.25) is 11.8 Å². The van der Waals surface area contributed by atoms with Gasteiger partial charge >= 0.3 is 0 Å². The maximum Gasteiger partial charge on any atom is 0.226 e. The van der Waals surface area contributed by atoms with E-state index in [1.807, 2.05) is 13.0 Å². The molecule has 0 aliphatic heterocycles. The minimum Gasteiger partial charge on any atom is -0.478 e. The summed E-state index contributed by atoms with van der Waals surface area (Å²) in [6.07, 6.45) is 1.74. The van der Waals surface area contributed by atoms with Crippen LogP contribution in [-0.4, -0.2) is 42.2 Å². The Balaban J connectivity index is 2.46. The molecular weight excluding hydrogens is 266 g/mol. The van der Waals surface area contributed by atoms with Gasteiger partial charge in [0, 0.05) is 25.4 Å². The highest BCUT2D eigenvalue weighted by Gasteiger charge is 2.06. The lowest BCUT2D eigenvalue weighted by molar-refractivity contribution is 0.196. The molecule has 1 atom stereocenters. The van der Waals surface area contributed by atoms with Gasteiger partial charge in [0.25, 0.3) is 0 Å². The van der Waals surface area contributed by atoms with Crippen LogP contribution in [0.5, 0.6) is 5.88 Å². The summed E-state index contributed by atoms with van der Waals surface area (Å²) in [5.41, 5.74) is 0.878. The molecule has 1 unspecified atom stereocenters. The van der Waals surface area contributed by atoms with Crippen LogP contribution in [0.25, 0.3) is 0 Å². The van der Waals surface area contributed by atoms with E-state index in [4.69, 9.17) is 21.1 Å². The van der Waals surface area contributed by atoms with Gasteiger partial charge < -0.3 is 14.8 Å². The van der Waals surface area contributed by atoms with Crippen molar-refractivity contribution in [2.24, 2.45) is 0 Å². The first kappa shape index (κ1) is 16.0. The number of aryl methyl sites for hydroxylation is 1. The molecule has 6 heteroatoms. The summed E-state index contributed by atoms with van der Waals surface area (Å²) in [4.78, 5) is 8.60. The fraction of sp³-hybridized carbons (Fsp3) is 0.692. The number of ether oxygens (including phenoxy) is 2. The first-order chi connectivity index (χ1) is 9.15. The number of rotatable bonds is 9. The van der Waals surface area contributed by atoms with Gasteiger partial charge in [-0.3, -0.25) is 0 Å². The van der Waals surface area contributed by atoms with E-state index in [0.29, 0.717) is 31.6 Å². The van der Waals surface area contributed by atoms with Crippen LogP contribution in [0.3, 0.4) is 0 Å². The average molecular weight is 288 g/mol. The summed E-state index contributed by atoms with van der Waals surface area (Å²) in [5, 5.41) is 3.15. The zero-order chi connectivity index (χ0) is 14.1. The smallest absolute Gasteiger partial charge is 0.226 e. The molecule has 0 aliphatic carbocycles. The Labute approximate surface area is 119 Å². The topological polar surface area (TPSA) is 56.3 Å². The zero-order valence-corrected chi connectivity index (χ0v) is 12.5. The van der Waals surface area contributed by atoms with E-state index in [2.05, 4.69) is 22.2 Å². The molecule has 1 aromatic heterocycles. The molecule has 0 aliphatic rings. The van der Waals surface area contributed by atoms with Gasteiger partial charge in [0.1, 0.15) is 0 Å². The maximum absolute atomic E-state index is 6.05. The molecule has 0 spiro atoms. The van der Waals surface area contributed by atoms with Crippen LogP contribution in [0.15, 0.2) is 6.07 Å². The second kappa shape index (κ2) is 8.93. The fourth-order valence-corrected chi connectivity index (χ4v) is 1.74. The Bertz CT molecular complexity index is 377. The van der Waals surface area contributed by atoms with Gasteiger partial charge in [-0.2, -0.15) is 4.98 Å². The Hall–Kier alpha value is -1.07. The Morgan fingerprint density at radius 1 is 1.42 bits per heavy atom. The predicted octanol–water partition coefficient (Wildman–Crippen LogP) is 2.63. The molecule has 0 saturated carbocycles. The van der Waals surface area contributed by atoms with E-state index in [1.165, 1.54) is 0 Å². The normalized spacial score (nSPS) is 12.2. The summed E-state index contributed by atoms with van der Waals surface area (Å²) in [6.45, 7) is 5.88. The molecule has 0 fully saturated rings. The van der Waals surface area contributed by atoms with Crippen molar-refractivity contribution in [3.05, 3.63) is 11.8 Å². The lowest BCUT2D eigenvalue weighted by Crippen LogP contribution is -2.15. The molecule has 1 N–H and O–H groups in total. The van der Waals surface area contributed by atoms with Crippen LogP contribution in [-0.2, 0) is 4.74 Å². The van der Waals surface area contributed by atoms with E-state index >= 15 is 0 Å². The van der Waals surface area contributed by atoms with Crippen molar-refractivity contribution in [1.29, 1.82) is 0 Å². The molecule has 1 aromatic rings. The quantitative estimate of drug-likeness (QED) is 0.708. The van der Waals surface area contributed by atoms with Crippen molar-refractivity contribution in [3.63, 3.8) is 0 Å². The van der Waals surface area contributed by atoms with Gasteiger partial charge in [0.05, 0.1) is 18.6 Å². The predicted molar refractivity (Wildman–Crippen MR) is 77.2 cm³/mol. The monoisotopic (exact) mass is 287 g/mol. The molecule has 1 rings (SSSR count). The molecule has 5 nitrogen and oxygen atoms in total. The molecule has 0 amide bonds. The lowest BCUT2D eigenvalue weighted by Gasteiger charge is -2.11. The number of hydrogen-bond donors (Lipinski definition) is 1. The number of nitrogens with zero attached hydrogens (tertiary/aromatic N) is 2. The second-order valence-corrected chi connectivity index (χ2v) is 4.90. The van der Waals surface area contributed by atoms with Crippen molar-refractivity contribution in [2.75, 3.05) is 32.2 Å². The number of alkyl halides is 1. The van der Waals surface area contributed by atoms with Gasteiger partial charge in [0.15, 0.2) is 0 Å². The first-order valence-corrected chi connectivity index (χ1v) is 6.94. The van der Waals surface area contributed by atoms with E-state index in [1.54, 1.807) is 7.11 Å². The van der Waals surface area contributed by atoms with Crippen molar-refractivity contribution in [3.8, 4) is 5.88 Å². The molecule has 0 radical (unpaired) electrons. The van der Waals surface area contributed by atoms with Crippen LogP contribution < -0.4 is 10.1 Å².